The Morgan fingerprint density at radius 2 is 1.75 bits per heavy atom. The van der Waals surface area contributed by atoms with Gasteiger partial charge >= 0.3 is 5.97 Å². The zero-order valence-electron chi connectivity index (χ0n) is 11.1. The Balaban J connectivity index is 2.16. The Kier molecular flexibility index (Phi) is 3.74. The van der Waals surface area contributed by atoms with Crippen molar-refractivity contribution < 1.29 is 19.5 Å². The summed E-state index contributed by atoms with van der Waals surface area (Å²) in [6.07, 6.45) is 0.460. The van der Waals surface area contributed by atoms with E-state index in [1.165, 1.54) is 24.3 Å². The van der Waals surface area contributed by atoms with Crippen LogP contribution in [0.25, 0.3) is 0 Å². The van der Waals surface area contributed by atoms with Crippen LogP contribution in [-0.4, -0.2) is 40.4 Å². The zero-order valence-corrected chi connectivity index (χ0v) is 11.1. The number of aliphatic carboxylic acids is 1. The van der Waals surface area contributed by atoms with Crippen LogP contribution in [0.1, 0.15) is 34.1 Å². The van der Waals surface area contributed by atoms with Gasteiger partial charge in [-0.25, -0.2) is 0 Å². The van der Waals surface area contributed by atoms with Gasteiger partial charge in [0.15, 0.2) is 0 Å². The van der Waals surface area contributed by atoms with Gasteiger partial charge in [-0.05, 0) is 37.6 Å². The number of carboxylic acid groups (broad SMARTS) is 1. The monoisotopic (exact) mass is 276 g/mol. The first kappa shape index (κ1) is 14.0. The second-order valence-electron chi connectivity index (χ2n) is 4.91. The summed E-state index contributed by atoms with van der Waals surface area (Å²) in [5, 5.41) is 9.06. The standard InChI is InChI=1S/C14H16N2O4/c1-8-11(14(19)20)6-7-16(8)13(18)10-4-2-9(3-5-10)12(15)17/h2-5,8,11H,6-7H2,1H3,(H2,15,17)(H,19,20). The maximum Gasteiger partial charge on any atom is 0.308 e. The number of rotatable bonds is 3. The van der Waals surface area contributed by atoms with Crippen molar-refractivity contribution >= 4 is 17.8 Å². The molecular formula is C14H16N2O4. The number of hydrogen-bond acceptors (Lipinski definition) is 3. The second-order valence-corrected chi connectivity index (χ2v) is 4.91. The maximum atomic E-state index is 12.3. The third kappa shape index (κ3) is 2.49. The number of carboxylic acids is 1. The maximum absolute atomic E-state index is 12.3. The molecule has 1 aromatic carbocycles. The number of nitrogens with two attached hydrogens (primary N) is 1. The molecule has 0 bridgehead atoms. The number of nitrogens with zero attached hydrogens (tertiary/aromatic N) is 1. The highest BCUT2D eigenvalue weighted by atomic mass is 16.4. The van der Waals surface area contributed by atoms with E-state index in [0.717, 1.165) is 0 Å². The molecule has 1 heterocycles. The summed E-state index contributed by atoms with van der Waals surface area (Å²) in [5.41, 5.74) is 5.89. The molecule has 0 radical (unpaired) electrons. The van der Waals surface area contributed by atoms with Crippen molar-refractivity contribution in [3.05, 3.63) is 35.4 Å². The van der Waals surface area contributed by atoms with Gasteiger partial charge in [0.05, 0.1) is 5.92 Å². The van der Waals surface area contributed by atoms with Gasteiger partial charge in [-0.15, -0.1) is 0 Å². The first-order valence-corrected chi connectivity index (χ1v) is 6.35. The minimum Gasteiger partial charge on any atom is -0.481 e. The number of carbonyl (C=O) groups is 3. The quantitative estimate of drug-likeness (QED) is 0.849. The van der Waals surface area contributed by atoms with Crippen molar-refractivity contribution in [1.82, 2.24) is 4.90 Å². The number of likely N-dealkylation sites (tertiary alicyclic amines) is 1. The number of benzene rings is 1. The van der Waals surface area contributed by atoms with Gasteiger partial charge < -0.3 is 15.7 Å². The molecule has 2 rings (SSSR count). The molecule has 1 aliphatic heterocycles. The predicted molar refractivity (Wildman–Crippen MR) is 71.2 cm³/mol. The van der Waals surface area contributed by atoms with E-state index in [0.29, 0.717) is 24.1 Å². The van der Waals surface area contributed by atoms with Crippen molar-refractivity contribution in [3.63, 3.8) is 0 Å². The van der Waals surface area contributed by atoms with E-state index in [4.69, 9.17) is 10.8 Å². The molecule has 2 unspecified atom stereocenters. The van der Waals surface area contributed by atoms with Crippen LogP contribution in [0.5, 0.6) is 0 Å². The van der Waals surface area contributed by atoms with Crippen LogP contribution in [0.4, 0.5) is 0 Å². The van der Waals surface area contributed by atoms with Crippen molar-refractivity contribution in [3.8, 4) is 0 Å². The van der Waals surface area contributed by atoms with Crippen LogP contribution >= 0.6 is 0 Å². The van der Waals surface area contributed by atoms with Crippen LogP contribution in [0, 0.1) is 5.92 Å². The third-order valence-corrected chi connectivity index (χ3v) is 3.75. The number of carbonyl (C=O) groups excluding carboxylic acids is 2. The van der Waals surface area contributed by atoms with Crippen molar-refractivity contribution in [2.75, 3.05) is 6.54 Å². The molecule has 3 N–H and O–H groups in total. The van der Waals surface area contributed by atoms with Gasteiger partial charge in [0.1, 0.15) is 0 Å². The van der Waals surface area contributed by atoms with Gasteiger partial charge in [-0.2, -0.15) is 0 Å². The fraction of sp³-hybridized carbons (Fsp3) is 0.357. The molecule has 1 fully saturated rings. The summed E-state index contributed by atoms with van der Waals surface area (Å²) in [7, 11) is 0. The average Bonchev–Trinajstić information content (AvgIpc) is 2.80. The van der Waals surface area contributed by atoms with Crippen LogP contribution in [0.3, 0.4) is 0 Å². The highest BCUT2D eigenvalue weighted by Gasteiger charge is 2.38. The lowest BCUT2D eigenvalue weighted by Crippen LogP contribution is -2.37. The molecule has 106 valence electrons. The Labute approximate surface area is 116 Å². The molecule has 1 aromatic rings. The normalized spacial score (nSPS) is 21.8. The average molecular weight is 276 g/mol. The summed E-state index contributed by atoms with van der Waals surface area (Å²) in [6.45, 7) is 2.16. The van der Waals surface area contributed by atoms with E-state index in [9.17, 15) is 14.4 Å². The predicted octanol–water partition coefficient (Wildman–Crippen LogP) is 0.721. The fourth-order valence-electron chi connectivity index (χ4n) is 2.50. The Morgan fingerprint density at radius 3 is 2.20 bits per heavy atom. The molecule has 2 atom stereocenters. The molecule has 0 saturated carbocycles. The van der Waals surface area contributed by atoms with E-state index in [2.05, 4.69) is 0 Å². The first-order chi connectivity index (χ1) is 9.41. The highest BCUT2D eigenvalue weighted by Crippen LogP contribution is 2.26. The van der Waals surface area contributed by atoms with Crippen molar-refractivity contribution in [2.45, 2.75) is 19.4 Å². The minimum absolute atomic E-state index is 0.225. The molecule has 1 saturated heterocycles. The molecule has 6 heteroatoms. The minimum atomic E-state index is -0.878. The molecule has 0 spiro atoms. The summed E-state index contributed by atoms with van der Waals surface area (Å²) < 4.78 is 0. The van der Waals surface area contributed by atoms with Crippen LogP contribution in [0.2, 0.25) is 0 Å². The Bertz CT molecular complexity index is 553. The van der Waals surface area contributed by atoms with E-state index >= 15 is 0 Å². The molecular weight excluding hydrogens is 260 g/mol. The second kappa shape index (κ2) is 5.32. The zero-order chi connectivity index (χ0) is 14.9. The molecule has 6 nitrogen and oxygen atoms in total. The van der Waals surface area contributed by atoms with Gasteiger partial charge in [0.2, 0.25) is 5.91 Å². The van der Waals surface area contributed by atoms with Crippen LogP contribution in [-0.2, 0) is 4.79 Å². The van der Waals surface area contributed by atoms with E-state index in [-0.39, 0.29) is 11.9 Å². The summed E-state index contributed by atoms with van der Waals surface area (Å²) >= 11 is 0. The van der Waals surface area contributed by atoms with Gasteiger partial charge in [0, 0.05) is 23.7 Å². The summed E-state index contributed by atoms with van der Waals surface area (Å²) in [4.78, 5) is 35.9. The SMILES string of the molecule is CC1C(C(=O)O)CCN1C(=O)c1ccc(C(N)=O)cc1. The third-order valence-electron chi connectivity index (χ3n) is 3.75. The summed E-state index contributed by atoms with van der Waals surface area (Å²) in [6, 6.07) is 5.71. The largest absolute Gasteiger partial charge is 0.481 e. The Morgan fingerprint density at radius 1 is 1.20 bits per heavy atom. The molecule has 2 amide bonds. The summed E-state index contributed by atoms with van der Waals surface area (Å²) in [5.74, 6) is -2.18. The smallest absolute Gasteiger partial charge is 0.308 e. The number of amides is 2. The van der Waals surface area contributed by atoms with Gasteiger partial charge in [-0.1, -0.05) is 0 Å². The van der Waals surface area contributed by atoms with E-state index in [1.807, 2.05) is 0 Å². The van der Waals surface area contributed by atoms with Gasteiger partial charge in [0.25, 0.3) is 5.91 Å². The topological polar surface area (TPSA) is 101 Å². The lowest BCUT2D eigenvalue weighted by molar-refractivity contribution is -0.142. The van der Waals surface area contributed by atoms with E-state index in [1.54, 1.807) is 11.8 Å². The first-order valence-electron chi connectivity index (χ1n) is 6.35. The molecule has 0 aromatic heterocycles. The van der Waals surface area contributed by atoms with Gasteiger partial charge in [-0.3, -0.25) is 14.4 Å². The van der Waals surface area contributed by atoms with Crippen molar-refractivity contribution in [1.29, 1.82) is 0 Å². The fourth-order valence-corrected chi connectivity index (χ4v) is 2.50. The number of hydrogen-bond donors (Lipinski definition) is 2. The van der Waals surface area contributed by atoms with E-state index < -0.39 is 17.8 Å². The van der Waals surface area contributed by atoms with Crippen LogP contribution < -0.4 is 5.73 Å². The lowest BCUT2D eigenvalue weighted by atomic mass is 10.0. The Hall–Kier alpha value is -2.37. The van der Waals surface area contributed by atoms with Crippen molar-refractivity contribution in [2.24, 2.45) is 11.7 Å². The molecule has 0 aliphatic carbocycles. The highest BCUT2D eigenvalue weighted by molar-refractivity contribution is 5.97. The molecule has 20 heavy (non-hydrogen) atoms. The molecule has 1 aliphatic rings. The lowest BCUT2D eigenvalue weighted by Gasteiger charge is -2.23. The number of primary amides is 1. The van der Waals surface area contributed by atoms with Crippen LogP contribution in [0.15, 0.2) is 24.3 Å².